The Morgan fingerprint density at radius 2 is 1.91 bits per heavy atom. The van der Waals surface area contributed by atoms with E-state index in [0.29, 0.717) is 12.2 Å². The molecular weight excluding hydrogens is 282 g/mol. The van der Waals surface area contributed by atoms with E-state index < -0.39 is 11.7 Å². The number of ether oxygens (including phenoxy) is 1. The van der Waals surface area contributed by atoms with Gasteiger partial charge in [-0.25, -0.2) is 4.79 Å². The van der Waals surface area contributed by atoms with Crippen molar-refractivity contribution < 1.29 is 19.2 Å². The summed E-state index contributed by atoms with van der Waals surface area (Å²) < 4.78 is 5.43. The summed E-state index contributed by atoms with van der Waals surface area (Å²) in [5, 5.41) is 1.25. The van der Waals surface area contributed by atoms with E-state index in [2.05, 4.69) is 0 Å². The molecule has 1 aliphatic heterocycles. The van der Waals surface area contributed by atoms with Gasteiger partial charge < -0.3 is 9.57 Å². The molecule has 1 unspecified atom stereocenters. The fourth-order valence-corrected chi connectivity index (χ4v) is 2.13. The zero-order valence-electron chi connectivity index (χ0n) is 14.9. The molecule has 5 heteroatoms. The maximum Gasteiger partial charge on any atom is 0.443 e. The Balaban J connectivity index is 3.08. The molecule has 1 aliphatic rings. The third-order valence-corrected chi connectivity index (χ3v) is 3.19. The molecule has 0 fully saturated rings. The topological polar surface area (TPSA) is 55.8 Å². The Morgan fingerprint density at radius 1 is 1.32 bits per heavy atom. The van der Waals surface area contributed by atoms with Gasteiger partial charge in [-0.1, -0.05) is 34.1 Å². The maximum atomic E-state index is 12.5. The molecule has 1 amide bonds. The summed E-state index contributed by atoms with van der Waals surface area (Å²) >= 11 is 0. The van der Waals surface area contributed by atoms with Crippen LogP contribution in [0.1, 0.15) is 67.7 Å². The van der Waals surface area contributed by atoms with Crippen molar-refractivity contribution >= 4 is 11.9 Å². The van der Waals surface area contributed by atoms with Crippen molar-refractivity contribution in [3.05, 3.63) is 11.8 Å². The molecule has 0 aliphatic carbocycles. The lowest BCUT2D eigenvalue weighted by atomic mass is 9.93. The average Bonchev–Trinajstić information content (AvgIpc) is 2.46. The molecule has 0 aromatic heterocycles. The van der Waals surface area contributed by atoms with Crippen LogP contribution in [-0.4, -0.2) is 28.6 Å². The van der Waals surface area contributed by atoms with Gasteiger partial charge >= 0.3 is 6.09 Å². The van der Waals surface area contributed by atoms with E-state index in [4.69, 9.17) is 9.57 Å². The number of hydroxylamine groups is 2. The highest BCUT2D eigenvalue weighted by atomic mass is 16.7. The van der Waals surface area contributed by atoms with Crippen LogP contribution in [0, 0.1) is 5.41 Å². The minimum atomic E-state index is -0.612. The summed E-state index contributed by atoms with van der Waals surface area (Å²) in [6.07, 6.45) is 2.76. The number of amides is 1. The van der Waals surface area contributed by atoms with Crippen LogP contribution in [0.5, 0.6) is 0 Å². The van der Waals surface area contributed by atoms with Crippen LogP contribution in [0.3, 0.4) is 0 Å². The lowest BCUT2D eigenvalue weighted by Gasteiger charge is -2.33. The second-order valence-electron chi connectivity index (χ2n) is 7.77. The highest BCUT2D eigenvalue weighted by Gasteiger charge is 2.36. The number of hydrogen-bond acceptors (Lipinski definition) is 4. The van der Waals surface area contributed by atoms with E-state index in [-0.39, 0.29) is 23.7 Å². The smallest absolute Gasteiger partial charge is 0.442 e. The second kappa shape index (κ2) is 6.71. The second-order valence-corrected chi connectivity index (χ2v) is 7.77. The van der Waals surface area contributed by atoms with Gasteiger partial charge in [0.15, 0.2) is 5.78 Å². The Kier molecular flexibility index (Phi) is 5.65. The summed E-state index contributed by atoms with van der Waals surface area (Å²) in [6, 6.07) is -0.302. The number of ketones is 1. The monoisotopic (exact) mass is 311 g/mol. The number of nitrogens with zero attached hydrogens (tertiary/aromatic N) is 1. The number of rotatable bonds is 2. The number of carbonyl (C=O) groups is 2. The minimum Gasteiger partial charge on any atom is -0.442 e. The molecule has 0 N–H and O–H groups in total. The standard InChI is InChI=1S/C17H29NO4/c1-8-9-12-10-13(19)11-14(16(2,3)4)22-18(12)15(20)21-17(5,6)7/h11-12H,8-10H2,1-7H3. The molecule has 126 valence electrons. The Labute approximate surface area is 133 Å². The Morgan fingerprint density at radius 3 is 2.36 bits per heavy atom. The average molecular weight is 311 g/mol. The first kappa shape index (κ1) is 18.5. The third kappa shape index (κ3) is 5.35. The van der Waals surface area contributed by atoms with Crippen molar-refractivity contribution in [1.82, 2.24) is 5.06 Å². The number of hydrogen-bond donors (Lipinski definition) is 0. The first-order valence-corrected chi connectivity index (χ1v) is 7.89. The van der Waals surface area contributed by atoms with E-state index in [9.17, 15) is 9.59 Å². The van der Waals surface area contributed by atoms with Crippen molar-refractivity contribution in [2.75, 3.05) is 0 Å². The molecule has 1 atom stereocenters. The summed E-state index contributed by atoms with van der Waals surface area (Å²) in [4.78, 5) is 30.4. The van der Waals surface area contributed by atoms with Crippen molar-refractivity contribution in [3.8, 4) is 0 Å². The molecule has 0 bridgehead atoms. The normalized spacial score (nSPS) is 20.1. The van der Waals surface area contributed by atoms with Crippen LogP contribution in [0.2, 0.25) is 0 Å². The Hall–Kier alpha value is -1.52. The third-order valence-electron chi connectivity index (χ3n) is 3.19. The summed E-state index contributed by atoms with van der Waals surface area (Å²) in [7, 11) is 0. The van der Waals surface area contributed by atoms with Crippen LogP contribution in [0.25, 0.3) is 0 Å². The van der Waals surface area contributed by atoms with Crippen LogP contribution in [0.15, 0.2) is 11.8 Å². The predicted octanol–water partition coefficient (Wildman–Crippen LogP) is 4.23. The zero-order chi connectivity index (χ0) is 17.1. The van der Waals surface area contributed by atoms with Gasteiger partial charge in [0.05, 0.1) is 6.04 Å². The fraction of sp³-hybridized carbons (Fsp3) is 0.765. The predicted molar refractivity (Wildman–Crippen MR) is 85.0 cm³/mol. The summed E-state index contributed by atoms with van der Waals surface area (Å²) in [6.45, 7) is 13.3. The van der Waals surface area contributed by atoms with Gasteiger partial charge in [0.25, 0.3) is 0 Å². The quantitative estimate of drug-likeness (QED) is 0.766. The molecule has 0 aromatic rings. The first-order chi connectivity index (χ1) is 9.94. The van der Waals surface area contributed by atoms with Crippen molar-refractivity contribution in [2.24, 2.45) is 5.41 Å². The zero-order valence-corrected chi connectivity index (χ0v) is 14.9. The van der Waals surface area contributed by atoms with Gasteiger partial charge in [-0.2, -0.15) is 0 Å². The summed E-state index contributed by atoms with van der Waals surface area (Å²) in [5.41, 5.74) is -0.976. The lowest BCUT2D eigenvalue weighted by molar-refractivity contribution is -0.151. The molecule has 0 aromatic carbocycles. The molecule has 5 nitrogen and oxygen atoms in total. The fourth-order valence-electron chi connectivity index (χ4n) is 2.13. The molecule has 0 radical (unpaired) electrons. The van der Waals surface area contributed by atoms with Crippen LogP contribution in [0.4, 0.5) is 4.79 Å². The first-order valence-electron chi connectivity index (χ1n) is 7.89. The molecule has 0 saturated carbocycles. The van der Waals surface area contributed by atoms with E-state index in [0.717, 1.165) is 6.42 Å². The molecule has 22 heavy (non-hydrogen) atoms. The molecule has 0 saturated heterocycles. The molecular formula is C17H29NO4. The summed E-state index contributed by atoms with van der Waals surface area (Å²) in [5.74, 6) is 0.469. The van der Waals surface area contributed by atoms with Gasteiger partial charge in [0.2, 0.25) is 0 Å². The molecule has 1 heterocycles. The van der Waals surface area contributed by atoms with Gasteiger partial charge in [-0.15, -0.1) is 5.06 Å². The highest BCUT2D eigenvalue weighted by molar-refractivity contribution is 5.91. The van der Waals surface area contributed by atoms with Crippen molar-refractivity contribution in [1.29, 1.82) is 0 Å². The SMILES string of the molecule is CCCC1CC(=O)C=C(C(C)(C)C)ON1C(=O)OC(C)(C)C. The molecule has 0 spiro atoms. The van der Waals surface area contributed by atoms with Gasteiger partial charge in [0.1, 0.15) is 11.4 Å². The largest absolute Gasteiger partial charge is 0.443 e. The molecule has 1 rings (SSSR count). The lowest BCUT2D eigenvalue weighted by Crippen LogP contribution is -2.43. The van der Waals surface area contributed by atoms with Gasteiger partial charge in [-0.05, 0) is 27.2 Å². The minimum absolute atomic E-state index is 0.0190. The van der Waals surface area contributed by atoms with Crippen molar-refractivity contribution in [2.45, 2.75) is 79.4 Å². The van der Waals surface area contributed by atoms with Crippen molar-refractivity contribution in [3.63, 3.8) is 0 Å². The van der Waals surface area contributed by atoms with Gasteiger partial charge in [0, 0.05) is 17.9 Å². The van der Waals surface area contributed by atoms with E-state index in [1.54, 1.807) is 0 Å². The van der Waals surface area contributed by atoms with E-state index in [1.165, 1.54) is 11.1 Å². The van der Waals surface area contributed by atoms with E-state index in [1.807, 2.05) is 48.5 Å². The Bertz CT molecular complexity index is 454. The van der Waals surface area contributed by atoms with E-state index >= 15 is 0 Å². The highest BCUT2D eigenvalue weighted by Crippen LogP contribution is 2.32. The maximum absolute atomic E-state index is 12.5. The van der Waals surface area contributed by atoms with Crippen LogP contribution < -0.4 is 0 Å². The number of allylic oxidation sites excluding steroid dienone is 2. The van der Waals surface area contributed by atoms with Crippen LogP contribution >= 0.6 is 0 Å². The van der Waals surface area contributed by atoms with Gasteiger partial charge in [-0.3, -0.25) is 4.79 Å². The van der Waals surface area contributed by atoms with Crippen LogP contribution in [-0.2, 0) is 14.4 Å². The number of carbonyl (C=O) groups excluding carboxylic acids is 2.